The Morgan fingerprint density at radius 3 is 2.33 bits per heavy atom. The zero-order valence-electron chi connectivity index (χ0n) is 21.4. The van der Waals surface area contributed by atoms with Crippen LogP contribution in [0.1, 0.15) is 52.8 Å². The number of carbonyl (C=O) groups is 1. The monoisotopic (exact) mass is 559 g/mol. The summed E-state index contributed by atoms with van der Waals surface area (Å²) in [6.07, 6.45) is -3.31. The average molecular weight is 560 g/mol. The number of aromatic nitrogens is 2. The van der Waals surface area contributed by atoms with Gasteiger partial charge in [-0.05, 0) is 61.0 Å². The number of benzene rings is 2. The fourth-order valence-electron chi connectivity index (χ4n) is 4.42. The molecule has 39 heavy (non-hydrogen) atoms. The highest BCUT2D eigenvalue weighted by Gasteiger charge is 2.30. The van der Waals surface area contributed by atoms with Crippen LogP contribution in [0.3, 0.4) is 0 Å². The zero-order valence-corrected chi connectivity index (χ0v) is 22.2. The number of aryl methyl sites for hydroxylation is 1. The van der Waals surface area contributed by atoms with E-state index in [4.69, 9.17) is 0 Å². The van der Waals surface area contributed by atoms with Gasteiger partial charge in [0.2, 0.25) is 0 Å². The van der Waals surface area contributed by atoms with Gasteiger partial charge in [0.05, 0.1) is 28.9 Å². The van der Waals surface area contributed by atoms with E-state index in [1.165, 1.54) is 18.2 Å². The molecule has 1 atom stereocenters. The van der Waals surface area contributed by atoms with E-state index >= 15 is 0 Å². The number of hydrogen-bond donors (Lipinski definition) is 2. The van der Waals surface area contributed by atoms with Crippen LogP contribution in [0, 0.1) is 0 Å². The second-order valence-electron chi connectivity index (χ2n) is 9.05. The highest BCUT2D eigenvalue weighted by Crippen LogP contribution is 2.29. The molecule has 0 aliphatic carbocycles. The Balaban J connectivity index is 1.54. The molecular weight excluding hydrogens is 531 g/mol. The van der Waals surface area contributed by atoms with Gasteiger partial charge in [-0.25, -0.2) is 8.42 Å². The first-order valence-electron chi connectivity index (χ1n) is 12.4. The van der Waals surface area contributed by atoms with E-state index in [0.29, 0.717) is 29.8 Å². The van der Waals surface area contributed by atoms with Crippen LogP contribution in [0.5, 0.6) is 0 Å². The molecule has 0 saturated heterocycles. The molecule has 7 nitrogen and oxygen atoms in total. The van der Waals surface area contributed by atoms with Crippen molar-refractivity contribution in [1.29, 1.82) is 0 Å². The van der Waals surface area contributed by atoms with Gasteiger partial charge in [-0.3, -0.25) is 9.78 Å². The molecule has 1 unspecified atom stereocenters. The van der Waals surface area contributed by atoms with E-state index in [-0.39, 0.29) is 17.3 Å². The summed E-state index contributed by atoms with van der Waals surface area (Å²) >= 11 is 0. The Morgan fingerprint density at radius 1 is 1.05 bits per heavy atom. The first-order valence-corrected chi connectivity index (χ1v) is 14.0. The summed E-state index contributed by atoms with van der Waals surface area (Å²) in [6, 6.07) is 14.7. The molecule has 206 valence electrons. The van der Waals surface area contributed by atoms with Gasteiger partial charge < -0.3 is 15.0 Å². The molecule has 1 amide bonds. The van der Waals surface area contributed by atoms with Crippen molar-refractivity contribution in [1.82, 2.24) is 14.9 Å². The van der Waals surface area contributed by atoms with Crippen molar-refractivity contribution < 1.29 is 31.5 Å². The predicted octanol–water partition coefficient (Wildman–Crippen LogP) is 4.92. The molecule has 11 heteroatoms. The Morgan fingerprint density at radius 2 is 1.77 bits per heavy atom. The van der Waals surface area contributed by atoms with Gasteiger partial charge in [-0.15, -0.1) is 0 Å². The topological polar surface area (TPSA) is 101 Å². The van der Waals surface area contributed by atoms with Gasteiger partial charge >= 0.3 is 6.18 Å². The van der Waals surface area contributed by atoms with Crippen LogP contribution in [0.4, 0.5) is 13.2 Å². The fraction of sp³-hybridized carbons (Fsp3) is 0.286. The van der Waals surface area contributed by atoms with Crippen LogP contribution >= 0.6 is 0 Å². The number of pyridine rings is 1. The molecule has 2 heterocycles. The summed E-state index contributed by atoms with van der Waals surface area (Å²) in [7, 11) is -3.37. The second-order valence-corrected chi connectivity index (χ2v) is 11.3. The van der Waals surface area contributed by atoms with Gasteiger partial charge in [-0.2, -0.15) is 13.2 Å². The first kappa shape index (κ1) is 28.3. The van der Waals surface area contributed by atoms with Crippen molar-refractivity contribution in [2.24, 2.45) is 0 Å². The third kappa shape index (κ3) is 6.15. The summed E-state index contributed by atoms with van der Waals surface area (Å²) in [4.78, 5) is 17.2. The molecule has 2 N–H and O–H groups in total. The zero-order chi connectivity index (χ0) is 28.4. The van der Waals surface area contributed by atoms with E-state index in [9.17, 15) is 31.5 Å². The number of alkyl halides is 3. The number of nitrogens with one attached hydrogen (secondary N) is 1. The molecule has 0 aliphatic heterocycles. The average Bonchev–Trinajstić information content (AvgIpc) is 3.27. The maximum atomic E-state index is 13.0. The predicted molar refractivity (Wildman–Crippen MR) is 141 cm³/mol. The minimum Gasteiger partial charge on any atom is -0.394 e. The summed E-state index contributed by atoms with van der Waals surface area (Å²) in [5, 5.41) is 13.5. The lowest BCUT2D eigenvalue weighted by molar-refractivity contribution is -0.137. The standard InChI is InChI=1S/C28H28F3N3O4S/c1-3-34-23(15-22-9-8-21(16-32-22)28(29,30)31)14-20-13-19(7-12-26(20)34)27(36)33-25(17-35)18-5-10-24(11-6-18)39(37,38)4-2/h5-14,16,25,35H,3-4,15,17H2,1-2H3,(H,33,36). The van der Waals surface area contributed by atoms with E-state index in [1.807, 2.05) is 17.6 Å². The van der Waals surface area contributed by atoms with Crippen LogP contribution in [-0.2, 0) is 29.0 Å². The summed E-state index contributed by atoms with van der Waals surface area (Å²) in [5.41, 5.74) is 2.31. The molecule has 2 aromatic heterocycles. The van der Waals surface area contributed by atoms with Crippen molar-refractivity contribution in [3.63, 3.8) is 0 Å². The number of rotatable bonds is 9. The minimum absolute atomic E-state index is 0.0304. The lowest BCUT2D eigenvalue weighted by Crippen LogP contribution is -2.30. The number of hydrogen-bond acceptors (Lipinski definition) is 5. The highest BCUT2D eigenvalue weighted by molar-refractivity contribution is 7.91. The number of aliphatic hydroxyl groups excluding tert-OH is 1. The molecule has 0 saturated carbocycles. The Bertz CT molecular complexity index is 1580. The third-order valence-corrected chi connectivity index (χ3v) is 8.34. The van der Waals surface area contributed by atoms with Gasteiger partial charge in [0, 0.05) is 47.0 Å². The van der Waals surface area contributed by atoms with Crippen LogP contribution < -0.4 is 5.32 Å². The van der Waals surface area contributed by atoms with Crippen LogP contribution in [-0.4, -0.2) is 41.3 Å². The van der Waals surface area contributed by atoms with Crippen molar-refractivity contribution in [2.75, 3.05) is 12.4 Å². The Kier molecular flexibility index (Phi) is 8.12. The van der Waals surface area contributed by atoms with Gasteiger partial charge in [0.1, 0.15) is 0 Å². The fourth-order valence-corrected chi connectivity index (χ4v) is 5.31. The molecule has 4 aromatic rings. The van der Waals surface area contributed by atoms with E-state index in [0.717, 1.165) is 28.9 Å². The number of amides is 1. The molecule has 0 bridgehead atoms. The Hall–Kier alpha value is -3.70. The maximum absolute atomic E-state index is 13.0. The van der Waals surface area contributed by atoms with Gasteiger partial charge in [-0.1, -0.05) is 19.1 Å². The van der Waals surface area contributed by atoms with Crippen molar-refractivity contribution in [2.45, 2.75) is 43.9 Å². The third-order valence-electron chi connectivity index (χ3n) is 6.59. The molecule has 0 fully saturated rings. The smallest absolute Gasteiger partial charge is 0.394 e. The molecule has 2 aromatic carbocycles. The quantitative estimate of drug-likeness (QED) is 0.303. The minimum atomic E-state index is -4.45. The van der Waals surface area contributed by atoms with Gasteiger partial charge in [0.15, 0.2) is 9.84 Å². The summed E-state index contributed by atoms with van der Waals surface area (Å²) in [5.74, 6) is -0.450. The lowest BCUT2D eigenvalue weighted by atomic mass is 10.1. The molecule has 0 spiro atoms. The summed E-state index contributed by atoms with van der Waals surface area (Å²) in [6.45, 7) is 3.73. The molecule has 0 radical (unpaired) electrons. The molecular formula is C28H28F3N3O4S. The first-order chi connectivity index (χ1) is 18.5. The maximum Gasteiger partial charge on any atom is 0.417 e. The second kappa shape index (κ2) is 11.2. The Labute approximate surface area is 224 Å². The lowest BCUT2D eigenvalue weighted by Gasteiger charge is -2.17. The number of aliphatic hydroxyl groups is 1. The number of nitrogens with zero attached hydrogens (tertiary/aromatic N) is 2. The van der Waals surface area contributed by atoms with Gasteiger partial charge in [0.25, 0.3) is 5.91 Å². The van der Waals surface area contributed by atoms with Crippen LogP contribution in [0.2, 0.25) is 0 Å². The number of fused-ring (bicyclic) bond motifs is 1. The van der Waals surface area contributed by atoms with Crippen molar-refractivity contribution in [3.8, 4) is 0 Å². The van der Waals surface area contributed by atoms with E-state index in [2.05, 4.69) is 10.3 Å². The SMILES string of the molecule is CCn1c(Cc2ccc(C(F)(F)F)cn2)cc2cc(C(=O)NC(CO)c3ccc(S(=O)(=O)CC)cc3)ccc21. The highest BCUT2D eigenvalue weighted by atomic mass is 32.2. The summed E-state index contributed by atoms with van der Waals surface area (Å²) < 4.78 is 64.7. The van der Waals surface area contributed by atoms with E-state index < -0.39 is 33.5 Å². The van der Waals surface area contributed by atoms with Crippen molar-refractivity contribution >= 4 is 26.6 Å². The molecule has 4 rings (SSSR count). The number of carbonyl (C=O) groups excluding carboxylic acids is 1. The number of halogens is 3. The van der Waals surface area contributed by atoms with E-state index in [1.54, 1.807) is 37.3 Å². The number of sulfone groups is 1. The molecule has 0 aliphatic rings. The van der Waals surface area contributed by atoms with Crippen LogP contribution in [0.15, 0.2) is 71.8 Å². The normalized spacial score (nSPS) is 13.0. The van der Waals surface area contributed by atoms with Crippen LogP contribution in [0.25, 0.3) is 10.9 Å². The van der Waals surface area contributed by atoms with Crippen molar-refractivity contribution in [3.05, 3.63) is 94.9 Å². The largest absolute Gasteiger partial charge is 0.417 e.